The fourth-order valence-corrected chi connectivity index (χ4v) is 5.53. The molecule has 5 aliphatic rings. The molecule has 132 valence electrons. The molecule has 5 rings (SSSR count). The molecule has 0 aromatic heterocycles. The maximum absolute atomic E-state index is 6.34. The zero-order valence-corrected chi connectivity index (χ0v) is 14.7. The highest BCUT2D eigenvalue weighted by Gasteiger charge is 2.69. The molecule has 2 bridgehead atoms. The van der Waals surface area contributed by atoms with Crippen molar-refractivity contribution in [2.45, 2.75) is 83.8 Å². The Morgan fingerprint density at radius 2 is 1.91 bits per heavy atom. The first-order valence-electron chi connectivity index (χ1n) is 9.35. The zero-order chi connectivity index (χ0) is 16.2. The predicted molar refractivity (Wildman–Crippen MR) is 83.1 cm³/mol. The van der Waals surface area contributed by atoms with Crippen LogP contribution in [0.15, 0.2) is 0 Å². The fraction of sp³-hybridized carbons (Fsp3) is 1.00. The molecule has 4 aliphatic heterocycles. The molecule has 0 aromatic rings. The summed E-state index contributed by atoms with van der Waals surface area (Å²) >= 11 is 0. The van der Waals surface area contributed by atoms with Crippen LogP contribution < -0.4 is 0 Å². The van der Waals surface area contributed by atoms with E-state index in [0.29, 0.717) is 30.3 Å². The monoisotopic (exact) mass is 326 g/mol. The van der Waals surface area contributed by atoms with Gasteiger partial charge in [0, 0.05) is 24.9 Å². The van der Waals surface area contributed by atoms with Gasteiger partial charge in [-0.3, -0.25) is 0 Å². The van der Waals surface area contributed by atoms with Gasteiger partial charge in [0.1, 0.15) is 0 Å². The van der Waals surface area contributed by atoms with Crippen molar-refractivity contribution >= 4 is 0 Å². The van der Waals surface area contributed by atoms with Crippen LogP contribution in [0.2, 0.25) is 0 Å². The summed E-state index contributed by atoms with van der Waals surface area (Å²) in [5.74, 6) is 1.02. The van der Waals surface area contributed by atoms with Crippen LogP contribution in [0.5, 0.6) is 0 Å². The highest BCUT2D eigenvalue weighted by atomic mass is 17.3. The Labute approximate surface area is 138 Å². The molecule has 1 spiro atoms. The third kappa shape index (κ3) is 2.24. The molecule has 0 amide bonds. The number of hydrogen-bond donors (Lipinski definition) is 0. The highest BCUT2D eigenvalue weighted by molar-refractivity contribution is 5.09. The molecule has 4 saturated heterocycles. The van der Waals surface area contributed by atoms with Gasteiger partial charge < -0.3 is 14.2 Å². The van der Waals surface area contributed by atoms with Crippen molar-refractivity contribution in [2.75, 3.05) is 6.61 Å². The first-order valence-corrected chi connectivity index (χ1v) is 9.35. The molecule has 23 heavy (non-hydrogen) atoms. The van der Waals surface area contributed by atoms with Gasteiger partial charge in [0.15, 0.2) is 18.2 Å². The summed E-state index contributed by atoms with van der Waals surface area (Å²) in [7, 11) is 0. The third-order valence-electron chi connectivity index (χ3n) is 6.70. The van der Waals surface area contributed by atoms with Gasteiger partial charge in [-0.25, -0.2) is 9.78 Å². The Morgan fingerprint density at radius 3 is 2.65 bits per heavy atom. The number of fused-ring (bicyclic) bond motifs is 2. The fourth-order valence-electron chi connectivity index (χ4n) is 5.53. The van der Waals surface area contributed by atoms with Crippen molar-refractivity contribution in [2.24, 2.45) is 23.7 Å². The van der Waals surface area contributed by atoms with E-state index in [1.54, 1.807) is 0 Å². The smallest absolute Gasteiger partial charge is 0.201 e. The van der Waals surface area contributed by atoms with Crippen molar-refractivity contribution in [3.63, 3.8) is 0 Å². The van der Waals surface area contributed by atoms with Crippen LogP contribution in [0, 0.1) is 23.7 Å². The van der Waals surface area contributed by atoms with Crippen LogP contribution in [0.4, 0.5) is 0 Å². The lowest BCUT2D eigenvalue weighted by Crippen LogP contribution is -2.70. The van der Waals surface area contributed by atoms with Crippen LogP contribution in [0.1, 0.15) is 59.8 Å². The first-order chi connectivity index (χ1) is 11.0. The summed E-state index contributed by atoms with van der Waals surface area (Å²) in [5, 5.41) is 0. The zero-order valence-electron chi connectivity index (χ0n) is 14.7. The molecular formula is C18H30O5. The molecule has 5 heteroatoms. The minimum Gasteiger partial charge on any atom is -0.353 e. The van der Waals surface area contributed by atoms with Gasteiger partial charge in [-0.1, -0.05) is 13.8 Å². The first kappa shape index (κ1) is 16.3. The van der Waals surface area contributed by atoms with Crippen molar-refractivity contribution in [3.05, 3.63) is 0 Å². The lowest BCUT2D eigenvalue weighted by atomic mass is 9.57. The Bertz CT molecular complexity index is 457. The molecule has 0 radical (unpaired) electrons. The molecule has 1 aliphatic carbocycles. The number of hydrogen-bond acceptors (Lipinski definition) is 5. The number of rotatable bonds is 3. The van der Waals surface area contributed by atoms with E-state index >= 15 is 0 Å². The summed E-state index contributed by atoms with van der Waals surface area (Å²) < 4.78 is 18.6. The normalized spacial score (nSPS) is 55.3. The Balaban J connectivity index is 1.76. The largest absolute Gasteiger partial charge is 0.353 e. The molecule has 5 nitrogen and oxygen atoms in total. The van der Waals surface area contributed by atoms with E-state index in [4.69, 9.17) is 24.0 Å². The van der Waals surface area contributed by atoms with Gasteiger partial charge in [0.2, 0.25) is 5.79 Å². The number of ether oxygens (including phenoxy) is 3. The summed E-state index contributed by atoms with van der Waals surface area (Å²) in [6.45, 7) is 9.19. The van der Waals surface area contributed by atoms with Gasteiger partial charge in [0.05, 0.1) is 0 Å². The summed E-state index contributed by atoms with van der Waals surface area (Å²) in [6, 6.07) is 0. The molecular weight excluding hydrogens is 296 g/mol. The molecule has 0 aromatic carbocycles. The molecule has 8 atom stereocenters. The topological polar surface area (TPSA) is 46.2 Å². The van der Waals surface area contributed by atoms with Crippen molar-refractivity contribution in [3.8, 4) is 0 Å². The van der Waals surface area contributed by atoms with Crippen LogP contribution in [0.3, 0.4) is 0 Å². The van der Waals surface area contributed by atoms with Gasteiger partial charge >= 0.3 is 0 Å². The molecule has 4 heterocycles. The molecule has 0 N–H and O–H groups in total. The summed E-state index contributed by atoms with van der Waals surface area (Å²) in [5.41, 5.74) is -0.470. The van der Waals surface area contributed by atoms with E-state index < -0.39 is 11.4 Å². The second-order valence-electron chi connectivity index (χ2n) is 7.94. The summed E-state index contributed by atoms with van der Waals surface area (Å²) in [4.78, 5) is 12.0. The molecule has 1 unspecified atom stereocenters. The second kappa shape index (κ2) is 5.67. The van der Waals surface area contributed by atoms with Gasteiger partial charge in [-0.05, 0) is 51.4 Å². The minimum atomic E-state index is -0.701. The average molecular weight is 326 g/mol. The van der Waals surface area contributed by atoms with Crippen molar-refractivity contribution in [1.29, 1.82) is 0 Å². The Morgan fingerprint density at radius 1 is 1.09 bits per heavy atom. The predicted octanol–water partition coefficient (Wildman–Crippen LogP) is 3.62. The van der Waals surface area contributed by atoms with E-state index in [1.807, 2.05) is 13.8 Å². The van der Waals surface area contributed by atoms with Gasteiger partial charge in [0.25, 0.3) is 0 Å². The van der Waals surface area contributed by atoms with E-state index in [0.717, 1.165) is 25.7 Å². The van der Waals surface area contributed by atoms with E-state index in [-0.39, 0.29) is 12.6 Å². The van der Waals surface area contributed by atoms with Crippen LogP contribution >= 0.6 is 0 Å². The average Bonchev–Trinajstić information content (AvgIpc) is 2.76. The van der Waals surface area contributed by atoms with Gasteiger partial charge in [-0.2, -0.15) is 0 Å². The molecule has 1 saturated carbocycles. The lowest BCUT2D eigenvalue weighted by Gasteiger charge is -2.60. The second-order valence-corrected chi connectivity index (χ2v) is 7.94. The van der Waals surface area contributed by atoms with Crippen LogP contribution in [-0.4, -0.2) is 30.6 Å². The van der Waals surface area contributed by atoms with E-state index in [1.165, 1.54) is 6.42 Å². The molecule has 5 fully saturated rings. The Hall–Kier alpha value is -0.200. The van der Waals surface area contributed by atoms with Gasteiger partial charge in [-0.15, -0.1) is 0 Å². The van der Waals surface area contributed by atoms with E-state index in [2.05, 4.69) is 13.8 Å². The third-order valence-corrected chi connectivity index (χ3v) is 6.70. The maximum Gasteiger partial charge on any atom is 0.201 e. The SMILES string of the molecule is CCO[C@H]1OC2O[C@@]3(C)CC[C@H]4[C@H](C)CC[C@@H]([C@H]1CC)[C@@]24OO3. The van der Waals surface area contributed by atoms with Crippen molar-refractivity contribution in [1.82, 2.24) is 0 Å². The Kier molecular flexibility index (Phi) is 4.01. The quantitative estimate of drug-likeness (QED) is 0.741. The maximum atomic E-state index is 6.34. The summed E-state index contributed by atoms with van der Waals surface area (Å²) in [6.07, 6.45) is 4.72. The van der Waals surface area contributed by atoms with Crippen LogP contribution in [-0.2, 0) is 24.0 Å². The van der Waals surface area contributed by atoms with Crippen molar-refractivity contribution < 1.29 is 24.0 Å². The van der Waals surface area contributed by atoms with Crippen LogP contribution in [0.25, 0.3) is 0 Å². The minimum absolute atomic E-state index is 0.203. The van der Waals surface area contributed by atoms with E-state index in [9.17, 15) is 0 Å². The highest BCUT2D eigenvalue weighted by Crippen LogP contribution is 2.61. The lowest BCUT2D eigenvalue weighted by molar-refractivity contribution is -0.577. The standard InChI is InChI=1S/C18H30O5/c1-5-12-14-8-7-11(3)13-9-10-17(4)21-16(18(13,14)23-22-17)20-15(12)19-6-2/h11-16H,5-10H2,1-4H3/t11-,12-,13+,14+,15+,16?,17-,18-/m1/s1.